The zero-order valence-corrected chi connectivity index (χ0v) is 10.9. The summed E-state index contributed by atoms with van der Waals surface area (Å²) in [5, 5.41) is 0. The standard InChI is InChI=1S/C15H12F3NO2/c16-15(17,18)9-4-3-5-10(8-9)19-13(20)11-6-1-2-7-12(11)14(19)21/h1-5,8,11-12H,6-7H2/t11-,12-/m1/s1. The number of allylic oxidation sites excluding steroid dienone is 2. The molecule has 2 atom stereocenters. The minimum absolute atomic E-state index is 0.00535. The molecule has 1 fully saturated rings. The summed E-state index contributed by atoms with van der Waals surface area (Å²) in [7, 11) is 0. The van der Waals surface area contributed by atoms with Crippen molar-refractivity contribution in [3.05, 3.63) is 42.0 Å². The Kier molecular flexibility index (Phi) is 3.11. The molecule has 0 spiro atoms. The summed E-state index contributed by atoms with van der Waals surface area (Å²) in [6.45, 7) is 0. The van der Waals surface area contributed by atoms with Gasteiger partial charge in [0.1, 0.15) is 0 Å². The molecule has 3 nitrogen and oxygen atoms in total. The van der Waals surface area contributed by atoms with Crippen LogP contribution in [-0.2, 0) is 15.8 Å². The van der Waals surface area contributed by atoms with Gasteiger partial charge in [0, 0.05) is 0 Å². The van der Waals surface area contributed by atoms with E-state index in [1.54, 1.807) is 0 Å². The van der Waals surface area contributed by atoms with Gasteiger partial charge in [-0.2, -0.15) is 13.2 Å². The van der Waals surface area contributed by atoms with Crippen molar-refractivity contribution in [2.75, 3.05) is 4.90 Å². The molecule has 21 heavy (non-hydrogen) atoms. The zero-order chi connectivity index (χ0) is 15.2. The smallest absolute Gasteiger partial charge is 0.274 e. The molecule has 6 heteroatoms. The van der Waals surface area contributed by atoms with Crippen molar-refractivity contribution in [2.24, 2.45) is 11.8 Å². The molecule has 0 radical (unpaired) electrons. The Morgan fingerprint density at radius 3 is 2.10 bits per heavy atom. The zero-order valence-electron chi connectivity index (χ0n) is 10.9. The number of carbonyl (C=O) groups is 2. The normalized spacial score (nSPS) is 25.4. The van der Waals surface area contributed by atoms with Gasteiger partial charge >= 0.3 is 6.18 Å². The molecule has 1 heterocycles. The molecule has 0 bridgehead atoms. The van der Waals surface area contributed by atoms with Gasteiger partial charge in [-0.15, -0.1) is 0 Å². The number of carbonyl (C=O) groups excluding carboxylic acids is 2. The fourth-order valence-corrected chi connectivity index (χ4v) is 2.88. The van der Waals surface area contributed by atoms with Crippen molar-refractivity contribution in [2.45, 2.75) is 19.0 Å². The highest BCUT2D eigenvalue weighted by Crippen LogP contribution is 2.39. The molecule has 110 valence electrons. The average molecular weight is 295 g/mol. The van der Waals surface area contributed by atoms with Crippen molar-refractivity contribution in [3.63, 3.8) is 0 Å². The molecule has 2 aliphatic rings. The van der Waals surface area contributed by atoms with Gasteiger partial charge in [-0.1, -0.05) is 18.2 Å². The molecule has 0 saturated carbocycles. The van der Waals surface area contributed by atoms with Crippen LogP contribution < -0.4 is 4.90 Å². The van der Waals surface area contributed by atoms with E-state index in [0.29, 0.717) is 12.8 Å². The highest BCUT2D eigenvalue weighted by atomic mass is 19.4. The van der Waals surface area contributed by atoms with E-state index in [-0.39, 0.29) is 5.69 Å². The molecule has 1 saturated heterocycles. The quantitative estimate of drug-likeness (QED) is 0.589. The lowest BCUT2D eigenvalue weighted by Gasteiger charge is -2.16. The Morgan fingerprint density at radius 2 is 1.57 bits per heavy atom. The third kappa shape index (κ3) is 2.24. The van der Waals surface area contributed by atoms with Crippen LogP contribution in [0.25, 0.3) is 0 Å². The van der Waals surface area contributed by atoms with Crippen LogP contribution in [0.15, 0.2) is 36.4 Å². The Bertz CT molecular complexity index is 610. The Labute approximate surface area is 119 Å². The monoisotopic (exact) mass is 295 g/mol. The molecule has 1 aromatic carbocycles. The fraction of sp³-hybridized carbons (Fsp3) is 0.333. The van der Waals surface area contributed by atoms with Crippen molar-refractivity contribution >= 4 is 17.5 Å². The predicted octanol–water partition coefficient (Wildman–Crippen LogP) is 3.16. The number of nitrogens with zero attached hydrogens (tertiary/aromatic N) is 1. The van der Waals surface area contributed by atoms with E-state index >= 15 is 0 Å². The summed E-state index contributed by atoms with van der Waals surface area (Å²) in [5.41, 5.74) is -0.872. The Balaban J connectivity index is 1.98. The van der Waals surface area contributed by atoms with Crippen molar-refractivity contribution in [1.29, 1.82) is 0 Å². The minimum Gasteiger partial charge on any atom is -0.274 e. The maximum absolute atomic E-state index is 12.7. The number of hydrogen-bond donors (Lipinski definition) is 0. The van der Waals surface area contributed by atoms with Gasteiger partial charge in [0.15, 0.2) is 0 Å². The molecule has 0 unspecified atom stereocenters. The number of hydrogen-bond acceptors (Lipinski definition) is 2. The Hall–Kier alpha value is -2.11. The van der Waals surface area contributed by atoms with E-state index < -0.39 is 35.4 Å². The van der Waals surface area contributed by atoms with Crippen molar-refractivity contribution in [1.82, 2.24) is 0 Å². The van der Waals surface area contributed by atoms with Gasteiger partial charge in [-0.05, 0) is 31.0 Å². The molecule has 2 amide bonds. The summed E-state index contributed by atoms with van der Waals surface area (Å²) < 4.78 is 38.2. The summed E-state index contributed by atoms with van der Waals surface area (Å²) in [4.78, 5) is 25.5. The molecule has 3 rings (SSSR count). The number of alkyl halides is 3. The van der Waals surface area contributed by atoms with Crippen molar-refractivity contribution in [3.8, 4) is 0 Å². The molecule has 0 aromatic heterocycles. The number of amides is 2. The first-order valence-corrected chi connectivity index (χ1v) is 6.59. The lowest BCUT2D eigenvalue weighted by Crippen LogP contribution is -2.31. The molecule has 1 aliphatic carbocycles. The second-order valence-corrected chi connectivity index (χ2v) is 5.22. The first-order chi connectivity index (χ1) is 9.89. The van der Waals surface area contributed by atoms with E-state index in [9.17, 15) is 22.8 Å². The molecular formula is C15H12F3NO2. The number of halogens is 3. The molecule has 1 aromatic rings. The molecular weight excluding hydrogens is 283 g/mol. The number of anilines is 1. The summed E-state index contributed by atoms with van der Waals surface area (Å²) in [6.07, 6.45) is 0.0928. The van der Waals surface area contributed by atoms with E-state index in [1.807, 2.05) is 12.2 Å². The van der Waals surface area contributed by atoms with E-state index in [0.717, 1.165) is 17.0 Å². The highest BCUT2D eigenvalue weighted by molar-refractivity contribution is 6.22. The second kappa shape index (κ2) is 4.72. The van der Waals surface area contributed by atoms with Crippen molar-refractivity contribution < 1.29 is 22.8 Å². The fourth-order valence-electron chi connectivity index (χ4n) is 2.88. The number of rotatable bonds is 1. The summed E-state index contributed by atoms with van der Waals surface area (Å²) in [5.74, 6) is -1.71. The first kappa shape index (κ1) is 13.9. The van der Waals surface area contributed by atoms with Crippen LogP contribution in [-0.4, -0.2) is 11.8 Å². The third-order valence-corrected chi connectivity index (χ3v) is 3.94. The van der Waals surface area contributed by atoms with Gasteiger partial charge < -0.3 is 0 Å². The van der Waals surface area contributed by atoms with Gasteiger partial charge in [0.2, 0.25) is 11.8 Å². The third-order valence-electron chi connectivity index (χ3n) is 3.94. The van der Waals surface area contributed by atoms with E-state index in [4.69, 9.17) is 0 Å². The SMILES string of the molecule is O=C1[C@@H]2CC=CC[C@H]2C(=O)N1c1cccc(C(F)(F)F)c1. The minimum atomic E-state index is -4.50. The molecule has 1 aliphatic heterocycles. The van der Waals surface area contributed by atoms with Crippen LogP contribution >= 0.6 is 0 Å². The van der Waals surface area contributed by atoms with Crippen LogP contribution in [0.3, 0.4) is 0 Å². The molecule has 0 N–H and O–H groups in total. The number of imide groups is 1. The largest absolute Gasteiger partial charge is 0.416 e. The van der Waals surface area contributed by atoms with E-state index in [1.165, 1.54) is 12.1 Å². The lowest BCUT2D eigenvalue weighted by molar-refractivity contribution is -0.137. The van der Waals surface area contributed by atoms with Crippen LogP contribution in [0.2, 0.25) is 0 Å². The topological polar surface area (TPSA) is 37.4 Å². The van der Waals surface area contributed by atoms with Crippen LogP contribution in [0.5, 0.6) is 0 Å². The lowest BCUT2D eigenvalue weighted by atomic mass is 9.85. The maximum atomic E-state index is 12.7. The summed E-state index contributed by atoms with van der Waals surface area (Å²) in [6, 6.07) is 4.33. The second-order valence-electron chi connectivity index (χ2n) is 5.22. The number of benzene rings is 1. The first-order valence-electron chi connectivity index (χ1n) is 6.59. The van der Waals surface area contributed by atoms with Crippen LogP contribution in [0, 0.1) is 11.8 Å². The predicted molar refractivity (Wildman–Crippen MR) is 69.3 cm³/mol. The Morgan fingerprint density at radius 1 is 1.00 bits per heavy atom. The van der Waals surface area contributed by atoms with Crippen LogP contribution in [0.1, 0.15) is 18.4 Å². The van der Waals surface area contributed by atoms with Gasteiger partial charge in [0.25, 0.3) is 0 Å². The highest BCUT2D eigenvalue weighted by Gasteiger charge is 2.48. The van der Waals surface area contributed by atoms with Gasteiger partial charge in [0.05, 0.1) is 23.1 Å². The van der Waals surface area contributed by atoms with Gasteiger partial charge in [-0.3, -0.25) is 14.5 Å². The number of fused-ring (bicyclic) bond motifs is 1. The van der Waals surface area contributed by atoms with Gasteiger partial charge in [-0.25, -0.2) is 0 Å². The summed E-state index contributed by atoms with van der Waals surface area (Å²) >= 11 is 0. The van der Waals surface area contributed by atoms with E-state index in [2.05, 4.69) is 0 Å². The average Bonchev–Trinajstić information content (AvgIpc) is 2.71. The van der Waals surface area contributed by atoms with Crippen LogP contribution in [0.4, 0.5) is 18.9 Å². The maximum Gasteiger partial charge on any atom is 0.416 e.